The Morgan fingerprint density at radius 2 is 1.47 bits per heavy atom. The van der Waals surface area contributed by atoms with E-state index in [2.05, 4.69) is 58.6 Å². The van der Waals surface area contributed by atoms with Crippen LogP contribution in [0.4, 0.5) is 0 Å². The van der Waals surface area contributed by atoms with Crippen LogP contribution in [0.25, 0.3) is 0 Å². The van der Waals surface area contributed by atoms with E-state index in [0.717, 1.165) is 24.4 Å². The van der Waals surface area contributed by atoms with Crippen LogP contribution >= 0.6 is 0 Å². The number of benzene rings is 3. The molecule has 36 heavy (non-hydrogen) atoms. The van der Waals surface area contributed by atoms with Gasteiger partial charge in [-0.1, -0.05) is 65.8 Å². The first-order valence-corrected chi connectivity index (χ1v) is 12.3. The molecule has 0 aliphatic carbocycles. The van der Waals surface area contributed by atoms with Gasteiger partial charge in [-0.05, 0) is 29.3 Å². The predicted molar refractivity (Wildman–Crippen MR) is 138 cm³/mol. The highest BCUT2D eigenvalue weighted by Gasteiger charge is 2.35. The molecule has 1 fully saturated rings. The van der Waals surface area contributed by atoms with Crippen LogP contribution in [0.1, 0.15) is 29.2 Å². The van der Waals surface area contributed by atoms with Crippen molar-refractivity contribution < 1.29 is 19.1 Å². The van der Waals surface area contributed by atoms with Crippen molar-refractivity contribution in [2.75, 3.05) is 40.4 Å². The first kappa shape index (κ1) is 23.9. The smallest absolute Gasteiger partial charge is 0.266 e. The van der Waals surface area contributed by atoms with Gasteiger partial charge in [-0.2, -0.15) is 0 Å². The molecule has 0 aromatic heterocycles. The number of hydrogen-bond donors (Lipinski definition) is 0. The maximum Gasteiger partial charge on any atom is 0.266 e. The van der Waals surface area contributed by atoms with E-state index >= 15 is 0 Å². The maximum absolute atomic E-state index is 13.3. The molecule has 0 radical (unpaired) electrons. The van der Waals surface area contributed by atoms with Crippen molar-refractivity contribution >= 4 is 11.6 Å². The van der Waals surface area contributed by atoms with Crippen LogP contribution in [0.3, 0.4) is 0 Å². The Morgan fingerprint density at radius 1 is 0.861 bits per heavy atom. The third-order valence-electron chi connectivity index (χ3n) is 6.88. The van der Waals surface area contributed by atoms with Crippen molar-refractivity contribution in [3.63, 3.8) is 0 Å². The molecule has 2 heterocycles. The number of ether oxygens (including phenoxy) is 2. The van der Waals surface area contributed by atoms with Crippen LogP contribution in [0, 0.1) is 0 Å². The average Bonchev–Trinajstić information content (AvgIpc) is 3.44. The number of carbonyl (C=O) groups excluding carboxylic acids is 1. The van der Waals surface area contributed by atoms with E-state index in [1.54, 1.807) is 14.2 Å². The molecule has 1 atom stereocenters. The molecule has 0 saturated carbocycles. The minimum Gasteiger partial charge on any atom is -0.493 e. The van der Waals surface area contributed by atoms with E-state index in [-0.39, 0.29) is 11.9 Å². The van der Waals surface area contributed by atoms with Gasteiger partial charge in [0.2, 0.25) is 6.10 Å². The molecular weight excluding hydrogens is 454 g/mol. The molecule has 0 bridgehead atoms. The lowest BCUT2D eigenvalue weighted by Gasteiger charge is -2.40. The third kappa shape index (κ3) is 4.93. The molecule has 3 aromatic carbocycles. The average molecular weight is 486 g/mol. The van der Waals surface area contributed by atoms with Gasteiger partial charge in [0.25, 0.3) is 5.91 Å². The lowest BCUT2D eigenvalue weighted by molar-refractivity contribution is -0.144. The van der Waals surface area contributed by atoms with E-state index in [9.17, 15) is 4.79 Å². The summed E-state index contributed by atoms with van der Waals surface area (Å²) in [4.78, 5) is 23.2. The van der Waals surface area contributed by atoms with Crippen molar-refractivity contribution in [1.82, 2.24) is 9.80 Å². The zero-order chi connectivity index (χ0) is 24.9. The monoisotopic (exact) mass is 485 g/mol. The quantitative estimate of drug-likeness (QED) is 0.504. The Bertz CT molecular complexity index is 1170. The van der Waals surface area contributed by atoms with E-state index < -0.39 is 6.10 Å². The first-order valence-electron chi connectivity index (χ1n) is 12.3. The summed E-state index contributed by atoms with van der Waals surface area (Å²) in [5.74, 6) is 1.26. The van der Waals surface area contributed by atoms with E-state index in [0.29, 0.717) is 31.0 Å². The summed E-state index contributed by atoms with van der Waals surface area (Å²) in [6.45, 7) is 2.88. The van der Waals surface area contributed by atoms with Gasteiger partial charge in [-0.3, -0.25) is 9.69 Å². The minimum atomic E-state index is -0.598. The second-order valence-corrected chi connectivity index (χ2v) is 8.99. The standard InChI is InChI=1S/C29H31N3O4/c1-34-25-14-13-23(19-26(25)35-2)24-20-27(36-30-24)29(33)32-17-15-31(16-18-32)28(21-9-5-3-6-10-21)22-11-7-4-8-12-22/h3-14,19,27-28H,15-18,20H2,1-2H3/t27-/m0/s1. The number of amides is 1. The van der Waals surface area contributed by atoms with Crippen LogP contribution in [-0.2, 0) is 9.63 Å². The first-order chi connectivity index (χ1) is 17.7. The van der Waals surface area contributed by atoms with Gasteiger partial charge in [-0.25, -0.2) is 0 Å². The van der Waals surface area contributed by atoms with Crippen LogP contribution in [-0.4, -0.2) is 67.9 Å². The largest absolute Gasteiger partial charge is 0.493 e. The van der Waals surface area contributed by atoms with Crippen LogP contribution in [0.15, 0.2) is 84.0 Å². The van der Waals surface area contributed by atoms with Gasteiger partial charge >= 0.3 is 0 Å². The summed E-state index contributed by atoms with van der Waals surface area (Å²) in [6.07, 6.45) is -0.163. The van der Waals surface area contributed by atoms with E-state index in [1.165, 1.54) is 11.1 Å². The van der Waals surface area contributed by atoms with Crippen LogP contribution in [0.2, 0.25) is 0 Å². The Balaban J connectivity index is 1.22. The fourth-order valence-corrected chi connectivity index (χ4v) is 4.98. The van der Waals surface area contributed by atoms with Crippen LogP contribution < -0.4 is 9.47 Å². The number of carbonyl (C=O) groups is 1. The summed E-state index contributed by atoms with van der Waals surface area (Å²) in [7, 11) is 3.20. The minimum absolute atomic E-state index is 0.00940. The summed E-state index contributed by atoms with van der Waals surface area (Å²) < 4.78 is 10.7. The summed E-state index contributed by atoms with van der Waals surface area (Å²) in [5.41, 5.74) is 4.12. The summed E-state index contributed by atoms with van der Waals surface area (Å²) in [5, 5.41) is 4.22. The third-order valence-corrected chi connectivity index (χ3v) is 6.88. The SMILES string of the molecule is COc1ccc(C2=NO[C@H](C(=O)N3CCN(C(c4ccccc4)c4ccccc4)CC3)C2)cc1OC. The Morgan fingerprint density at radius 3 is 2.06 bits per heavy atom. The molecular formula is C29H31N3O4. The number of oxime groups is 1. The summed E-state index contributed by atoms with van der Waals surface area (Å²) >= 11 is 0. The van der Waals surface area contributed by atoms with Crippen molar-refractivity contribution in [2.24, 2.45) is 5.16 Å². The molecule has 0 spiro atoms. The lowest BCUT2D eigenvalue weighted by atomic mass is 9.96. The van der Waals surface area contributed by atoms with Gasteiger partial charge in [0.05, 0.1) is 26.0 Å². The molecule has 186 valence electrons. The van der Waals surface area contributed by atoms with Gasteiger partial charge in [0, 0.05) is 38.2 Å². The highest BCUT2D eigenvalue weighted by atomic mass is 16.6. The molecule has 5 rings (SSSR count). The lowest BCUT2D eigenvalue weighted by Crippen LogP contribution is -2.52. The Kier molecular flexibility index (Phi) is 7.18. The van der Waals surface area contributed by atoms with Crippen molar-refractivity contribution in [3.05, 3.63) is 95.6 Å². The Hall–Kier alpha value is -3.84. The molecule has 2 aliphatic heterocycles. The zero-order valence-corrected chi connectivity index (χ0v) is 20.7. The number of rotatable bonds is 7. The highest BCUT2D eigenvalue weighted by Crippen LogP contribution is 2.31. The molecule has 2 aliphatic rings. The van der Waals surface area contributed by atoms with Gasteiger partial charge in [-0.15, -0.1) is 0 Å². The van der Waals surface area contributed by atoms with Crippen LogP contribution in [0.5, 0.6) is 11.5 Å². The number of methoxy groups -OCH3 is 2. The predicted octanol–water partition coefficient (Wildman–Crippen LogP) is 4.13. The van der Waals surface area contributed by atoms with E-state index in [4.69, 9.17) is 14.3 Å². The topological polar surface area (TPSA) is 63.6 Å². The van der Waals surface area contributed by atoms with Crippen molar-refractivity contribution in [3.8, 4) is 11.5 Å². The normalized spacial score (nSPS) is 18.0. The fraction of sp³-hybridized carbons (Fsp3) is 0.310. The van der Waals surface area contributed by atoms with Gasteiger partial charge in [0.1, 0.15) is 0 Å². The van der Waals surface area contributed by atoms with Crippen molar-refractivity contribution in [2.45, 2.75) is 18.6 Å². The number of hydrogen-bond acceptors (Lipinski definition) is 6. The second-order valence-electron chi connectivity index (χ2n) is 8.99. The number of piperazine rings is 1. The van der Waals surface area contributed by atoms with Crippen molar-refractivity contribution in [1.29, 1.82) is 0 Å². The molecule has 7 nitrogen and oxygen atoms in total. The van der Waals surface area contributed by atoms with Gasteiger partial charge in [0.15, 0.2) is 11.5 Å². The molecule has 0 unspecified atom stereocenters. The molecule has 1 saturated heterocycles. The molecule has 7 heteroatoms. The molecule has 0 N–H and O–H groups in total. The molecule has 1 amide bonds. The van der Waals surface area contributed by atoms with Gasteiger partial charge < -0.3 is 19.2 Å². The fourth-order valence-electron chi connectivity index (χ4n) is 4.98. The molecule has 3 aromatic rings. The Labute approximate surface area is 211 Å². The number of nitrogens with zero attached hydrogens (tertiary/aromatic N) is 3. The zero-order valence-electron chi connectivity index (χ0n) is 20.7. The maximum atomic E-state index is 13.3. The second kappa shape index (κ2) is 10.8. The summed E-state index contributed by atoms with van der Waals surface area (Å²) in [6, 6.07) is 26.9. The van der Waals surface area contributed by atoms with E-state index in [1.807, 2.05) is 35.2 Å². The highest BCUT2D eigenvalue weighted by molar-refractivity contribution is 6.04.